The maximum atomic E-state index is 10.6. The summed E-state index contributed by atoms with van der Waals surface area (Å²) in [6.45, 7) is 2.62. The Hall–Kier alpha value is -0.810. The molecule has 0 aromatic heterocycles. The summed E-state index contributed by atoms with van der Waals surface area (Å²) in [5.74, 6) is 0. The van der Waals surface area contributed by atoms with Gasteiger partial charge in [0, 0.05) is 32.2 Å². The number of amides is 1. The number of piperidine rings is 1. The van der Waals surface area contributed by atoms with Crippen LogP contribution in [0, 0.1) is 0 Å². The van der Waals surface area contributed by atoms with Crippen LogP contribution in [0.3, 0.4) is 0 Å². The molecule has 1 atom stereocenters. The second kappa shape index (κ2) is 5.04. The first-order valence-corrected chi connectivity index (χ1v) is 4.65. The Kier molecular flexibility index (Phi) is 3.98. The Morgan fingerprint density at radius 2 is 2.46 bits per heavy atom. The number of hydrogen-bond acceptors (Lipinski definition) is 3. The second-order valence-electron chi connectivity index (χ2n) is 3.31. The topological polar surface area (TPSA) is 78.6 Å². The minimum atomic E-state index is -0.820. The number of hydrogen-bond donors (Lipinski definition) is 3. The van der Waals surface area contributed by atoms with Gasteiger partial charge < -0.3 is 21.1 Å². The van der Waals surface area contributed by atoms with E-state index >= 15 is 0 Å². The van der Waals surface area contributed by atoms with Crippen molar-refractivity contribution in [2.24, 2.45) is 5.73 Å². The maximum absolute atomic E-state index is 10.6. The van der Waals surface area contributed by atoms with Crippen LogP contribution in [-0.2, 0) is 0 Å². The Bertz CT molecular complexity index is 175. The molecule has 1 rings (SSSR count). The highest BCUT2D eigenvalue weighted by molar-refractivity contribution is 5.65. The van der Waals surface area contributed by atoms with E-state index in [-0.39, 0.29) is 6.04 Å². The molecule has 1 aliphatic rings. The van der Waals surface area contributed by atoms with E-state index in [0.717, 1.165) is 19.4 Å². The molecular weight excluding hydrogens is 170 g/mol. The predicted octanol–water partition coefficient (Wildman–Crippen LogP) is -0.323. The van der Waals surface area contributed by atoms with Crippen LogP contribution in [0.1, 0.15) is 12.8 Å². The molecule has 0 saturated carbocycles. The van der Waals surface area contributed by atoms with Crippen molar-refractivity contribution in [2.45, 2.75) is 18.9 Å². The van der Waals surface area contributed by atoms with Gasteiger partial charge >= 0.3 is 6.09 Å². The molecule has 0 aromatic rings. The minimum absolute atomic E-state index is 0.286. The monoisotopic (exact) mass is 187 g/mol. The third kappa shape index (κ3) is 3.20. The van der Waals surface area contributed by atoms with E-state index in [0.29, 0.717) is 19.6 Å². The fourth-order valence-electron chi connectivity index (χ4n) is 1.60. The second-order valence-corrected chi connectivity index (χ2v) is 3.31. The summed E-state index contributed by atoms with van der Waals surface area (Å²) >= 11 is 0. The number of carboxylic acid groups (broad SMARTS) is 1. The average molecular weight is 187 g/mol. The van der Waals surface area contributed by atoms with Crippen LogP contribution in [0.5, 0.6) is 0 Å². The van der Waals surface area contributed by atoms with Crippen molar-refractivity contribution in [3.05, 3.63) is 0 Å². The smallest absolute Gasteiger partial charge is 0.407 e. The SMILES string of the molecule is NCCNC1CCCN(C(=O)O)C1. The zero-order chi connectivity index (χ0) is 9.68. The van der Waals surface area contributed by atoms with Gasteiger partial charge in [-0.15, -0.1) is 0 Å². The summed E-state index contributed by atoms with van der Waals surface area (Å²) in [7, 11) is 0. The lowest BCUT2D eigenvalue weighted by molar-refractivity contribution is 0.126. The molecule has 1 heterocycles. The molecule has 76 valence electrons. The molecule has 0 aliphatic carbocycles. The van der Waals surface area contributed by atoms with Crippen LogP contribution < -0.4 is 11.1 Å². The third-order valence-electron chi connectivity index (χ3n) is 2.27. The van der Waals surface area contributed by atoms with Crippen LogP contribution in [0.2, 0.25) is 0 Å². The van der Waals surface area contributed by atoms with Crippen molar-refractivity contribution < 1.29 is 9.90 Å². The largest absolute Gasteiger partial charge is 0.465 e. The number of rotatable bonds is 3. The summed E-state index contributed by atoms with van der Waals surface area (Å²) in [5, 5.41) is 12.0. The molecule has 5 nitrogen and oxygen atoms in total. The third-order valence-corrected chi connectivity index (χ3v) is 2.27. The van der Waals surface area contributed by atoms with Crippen molar-refractivity contribution in [1.82, 2.24) is 10.2 Å². The molecule has 1 unspecified atom stereocenters. The van der Waals surface area contributed by atoms with Crippen molar-refractivity contribution >= 4 is 6.09 Å². The number of nitrogens with zero attached hydrogens (tertiary/aromatic N) is 1. The van der Waals surface area contributed by atoms with Gasteiger partial charge in [0.25, 0.3) is 0 Å². The molecule has 1 fully saturated rings. The zero-order valence-electron chi connectivity index (χ0n) is 7.70. The lowest BCUT2D eigenvalue weighted by atomic mass is 10.1. The van der Waals surface area contributed by atoms with E-state index in [2.05, 4.69) is 5.32 Å². The molecule has 13 heavy (non-hydrogen) atoms. The number of nitrogens with one attached hydrogen (secondary N) is 1. The van der Waals surface area contributed by atoms with Gasteiger partial charge in [-0.25, -0.2) is 4.79 Å². The van der Waals surface area contributed by atoms with E-state index in [1.165, 1.54) is 4.90 Å². The van der Waals surface area contributed by atoms with Gasteiger partial charge in [0.05, 0.1) is 0 Å². The van der Waals surface area contributed by atoms with Crippen molar-refractivity contribution in [3.63, 3.8) is 0 Å². The normalized spacial score (nSPS) is 23.2. The highest BCUT2D eigenvalue weighted by Gasteiger charge is 2.22. The van der Waals surface area contributed by atoms with Crippen LogP contribution in [0.4, 0.5) is 4.79 Å². The van der Waals surface area contributed by atoms with Gasteiger partial charge in [-0.1, -0.05) is 0 Å². The number of nitrogens with two attached hydrogens (primary N) is 1. The molecular formula is C8H17N3O2. The zero-order valence-corrected chi connectivity index (χ0v) is 7.70. The predicted molar refractivity (Wildman–Crippen MR) is 49.7 cm³/mol. The highest BCUT2D eigenvalue weighted by atomic mass is 16.4. The van der Waals surface area contributed by atoms with E-state index in [4.69, 9.17) is 10.8 Å². The molecule has 4 N–H and O–H groups in total. The Labute approximate surface area is 77.9 Å². The molecule has 1 aliphatic heterocycles. The van der Waals surface area contributed by atoms with E-state index in [1.54, 1.807) is 0 Å². The molecule has 0 bridgehead atoms. The van der Waals surface area contributed by atoms with Crippen LogP contribution in [-0.4, -0.2) is 48.3 Å². The molecule has 0 aromatic carbocycles. The van der Waals surface area contributed by atoms with E-state index in [9.17, 15) is 4.79 Å². The van der Waals surface area contributed by atoms with Gasteiger partial charge in [0.2, 0.25) is 0 Å². The average Bonchev–Trinajstić information content (AvgIpc) is 2.15. The summed E-state index contributed by atoms with van der Waals surface area (Å²) in [6.07, 6.45) is 1.16. The fraction of sp³-hybridized carbons (Fsp3) is 0.875. The Morgan fingerprint density at radius 1 is 1.69 bits per heavy atom. The first kappa shape index (κ1) is 10.3. The van der Waals surface area contributed by atoms with Gasteiger partial charge in [0.1, 0.15) is 0 Å². The summed E-state index contributed by atoms with van der Waals surface area (Å²) < 4.78 is 0. The molecule has 0 spiro atoms. The minimum Gasteiger partial charge on any atom is -0.465 e. The highest BCUT2D eigenvalue weighted by Crippen LogP contribution is 2.09. The number of likely N-dealkylation sites (tertiary alicyclic amines) is 1. The first-order chi connectivity index (χ1) is 6.24. The van der Waals surface area contributed by atoms with Crippen molar-refractivity contribution in [1.29, 1.82) is 0 Å². The lowest BCUT2D eigenvalue weighted by Crippen LogP contribution is -2.48. The summed E-state index contributed by atoms with van der Waals surface area (Å²) in [5.41, 5.74) is 5.35. The number of carbonyl (C=O) groups is 1. The Morgan fingerprint density at radius 3 is 3.08 bits per heavy atom. The standard InChI is InChI=1S/C8H17N3O2/c9-3-4-10-7-2-1-5-11(6-7)8(12)13/h7,10H,1-6,9H2,(H,12,13). The summed E-state index contributed by atoms with van der Waals surface area (Å²) in [6, 6.07) is 0.286. The Balaban J connectivity index is 2.29. The molecule has 5 heteroatoms. The van der Waals surface area contributed by atoms with Crippen LogP contribution in [0.15, 0.2) is 0 Å². The van der Waals surface area contributed by atoms with Gasteiger partial charge in [-0.2, -0.15) is 0 Å². The first-order valence-electron chi connectivity index (χ1n) is 4.65. The quantitative estimate of drug-likeness (QED) is 0.565. The van der Waals surface area contributed by atoms with Crippen LogP contribution in [0.25, 0.3) is 0 Å². The van der Waals surface area contributed by atoms with Gasteiger partial charge in [0.15, 0.2) is 0 Å². The van der Waals surface area contributed by atoms with Crippen LogP contribution >= 0.6 is 0 Å². The molecule has 1 amide bonds. The lowest BCUT2D eigenvalue weighted by Gasteiger charge is -2.31. The van der Waals surface area contributed by atoms with E-state index in [1.807, 2.05) is 0 Å². The molecule has 0 radical (unpaired) electrons. The van der Waals surface area contributed by atoms with Gasteiger partial charge in [-0.05, 0) is 12.8 Å². The summed E-state index contributed by atoms with van der Waals surface area (Å²) in [4.78, 5) is 12.1. The maximum Gasteiger partial charge on any atom is 0.407 e. The van der Waals surface area contributed by atoms with Crippen molar-refractivity contribution in [2.75, 3.05) is 26.2 Å². The van der Waals surface area contributed by atoms with Gasteiger partial charge in [-0.3, -0.25) is 0 Å². The fourth-order valence-corrected chi connectivity index (χ4v) is 1.60. The molecule has 1 saturated heterocycles. The van der Waals surface area contributed by atoms with Crippen molar-refractivity contribution in [3.8, 4) is 0 Å². The van der Waals surface area contributed by atoms with E-state index < -0.39 is 6.09 Å².